The highest BCUT2D eigenvalue weighted by molar-refractivity contribution is 9.10. The average Bonchev–Trinajstić information content (AvgIpc) is 2.06. The van der Waals surface area contributed by atoms with E-state index >= 15 is 0 Å². The summed E-state index contributed by atoms with van der Waals surface area (Å²) in [6.45, 7) is 0. The van der Waals surface area contributed by atoms with Crippen LogP contribution in [-0.4, -0.2) is 6.29 Å². The van der Waals surface area contributed by atoms with Crippen molar-refractivity contribution in [2.24, 2.45) is 5.92 Å². The number of carbonyl (C=O) groups is 1. The van der Waals surface area contributed by atoms with Crippen LogP contribution in [0, 0.1) is 5.92 Å². The molecule has 0 atom stereocenters. The second-order valence-corrected chi connectivity index (χ2v) is 4.53. The van der Waals surface area contributed by atoms with E-state index in [0.29, 0.717) is 11.8 Å². The van der Waals surface area contributed by atoms with E-state index in [4.69, 9.17) is 0 Å². The van der Waals surface area contributed by atoms with Gasteiger partial charge in [0.1, 0.15) is 6.29 Å². The molecule has 0 aliphatic heterocycles. The highest BCUT2D eigenvalue weighted by atomic mass is 79.9. The number of benzene rings is 1. The Morgan fingerprint density at radius 2 is 1.85 bits per heavy atom. The van der Waals surface area contributed by atoms with Crippen molar-refractivity contribution in [1.82, 2.24) is 0 Å². The summed E-state index contributed by atoms with van der Waals surface area (Å²) in [5.74, 6) is 0.928. The lowest BCUT2D eigenvalue weighted by atomic mass is 9.72. The van der Waals surface area contributed by atoms with Crippen molar-refractivity contribution in [2.75, 3.05) is 0 Å². The summed E-state index contributed by atoms with van der Waals surface area (Å²) in [7, 11) is 0. The van der Waals surface area contributed by atoms with Crippen LogP contribution in [0.3, 0.4) is 0 Å². The topological polar surface area (TPSA) is 17.1 Å². The molecule has 0 spiro atoms. The van der Waals surface area contributed by atoms with Gasteiger partial charge in [-0.05, 0) is 36.5 Å². The van der Waals surface area contributed by atoms with Crippen LogP contribution in [0.15, 0.2) is 28.7 Å². The van der Waals surface area contributed by atoms with Crippen LogP contribution in [0.4, 0.5) is 0 Å². The van der Waals surface area contributed by atoms with Gasteiger partial charge in [-0.25, -0.2) is 0 Å². The summed E-state index contributed by atoms with van der Waals surface area (Å²) >= 11 is 3.40. The predicted octanol–water partition coefficient (Wildman–Crippen LogP) is 3.14. The Labute approximate surface area is 86.3 Å². The van der Waals surface area contributed by atoms with Crippen molar-refractivity contribution in [3.05, 3.63) is 34.3 Å². The zero-order valence-corrected chi connectivity index (χ0v) is 8.83. The van der Waals surface area contributed by atoms with Crippen LogP contribution < -0.4 is 0 Å². The summed E-state index contributed by atoms with van der Waals surface area (Å²) in [4.78, 5) is 10.4. The van der Waals surface area contributed by atoms with Gasteiger partial charge in [-0.3, -0.25) is 0 Å². The highest BCUT2D eigenvalue weighted by Gasteiger charge is 2.29. The van der Waals surface area contributed by atoms with Gasteiger partial charge in [0.15, 0.2) is 0 Å². The molecule has 0 unspecified atom stereocenters. The van der Waals surface area contributed by atoms with Crippen LogP contribution in [0.2, 0.25) is 0 Å². The van der Waals surface area contributed by atoms with Crippen molar-refractivity contribution >= 4 is 22.2 Å². The Kier molecular flexibility index (Phi) is 2.49. The Bertz CT molecular complexity index is 298. The first-order valence-electron chi connectivity index (χ1n) is 4.50. The minimum absolute atomic E-state index is 0.314. The zero-order valence-electron chi connectivity index (χ0n) is 7.24. The predicted molar refractivity (Wildman–Crippen MR) is 55.7 cm³/mol. The largest absolute Gasteiger partial charge is 0.303 e. The molecule has 1 aliphatic rings. The van der Waals surface area contributed by atoms with E-state index in [9.17, 15) is 4.79 Å². The third-order valence-corrected chi connectivity index (χ3v) is 3.24. The van der Waals surface area contributed by atoms with E-state index in [1.54, 1.807) is 0 Å². The number of hydrogen-bond acceptors (Lipinski definition) is 1. The molecule has 1 nitrogen and oxygen atoms in total. The molecule has 13 heavy (non-hydrogen) atoms. The van der Waals surface area contributed by atoms with Gasteiger partial charge < -0.3 is 4.79 Å². The monoisotopic (exact) mass is 238 g/mol. The maximum atomic E-state index is 10.4. The molecule has 0 aromatic heterocycles. The number of carbonyl (C=O) groups excluding carboxylic acids is 1. The quantitative estimate of drug-likeness (QED) is 0.724. The molecule has 1 saturated carbocycles. The first-order valence-corrected chi connectivity index (χ1v) is 5.29. The van der Waals surface area contributed by atoms with Gasteiger partial charge in [0.25, 0.3) is 0 Å². The normalized spacial score (nSPS) is 26.5. The van der Waals surface area contributed by atoms with E-state index in [0.717, 1.165) is 23.6 Å². The molecule has 1 aromatic rings. The van der Waals surface area contributed by atoms with Crippen LogP contribution in [-0.2, 0) is 4.79 Å². The van der Waals surface area contributed by atoms with E-state index in [1.165, 1.54) is 5.56 Å². The molecule has 0 bridgehead atoms. The molecule has 1 aromatic carbocycles. The third-order valence-electron chi connectivity index (χ3n) is 2.71. The summed E-state index contributed by atoms with van der Waals surface area (Å²) < 4.78 is 1.11. The summed E-state index contributed by atoms with van der Waals surface area (Å²) in [6.07, 6.45) is 3.14. The Hall–Kier alpha value is -0.630. The van der Waals surface area contributed by atoms with Crippen LogP contribution >= 0.6 is 15.9 Å². The van der Waals surface area contributed by atoms with Gasteiger partial charge in [0.2, 0.25) is 0 Å². The van der Waals surface area contributed by atoms with E-state index in [1.807, 2.05) is 0 Å². The van der Waals surface area contributed by atoms with Crippen LogP contribution in [0.5, 0.6) is 0 Å². The lowest BCUT2D eigenvalue weighted by molar-refractivity contribution is -0.113. The molecular weight excluding hydrogens is 228 g/mol. The van der Waals surface area contributed by atoms with Gasteiger partial charge in [-0.15, -0.1) is 0 Å². The average molecular weight is 239 g/mol. The fourth-order valence-corrected chi connectivity index (χ4v) is 2.04. The minimum Gasteiger partial charge on any atom is -0.303 e. The molecule has 0 heterocycles. The minimum atomic E-state index is 0.314. The Balaban J connectivity index is 2.03. The molecule has 1 aliphatic carbocycles. The van der Waals surface area contributed by atoms with E-state index in [2.05, 4.69) is 40.2 Å². The fraction of sp³-hybridized carbons (Fsp3) is 0.364. The lowest BCUT2D eigenvalue weighted by Crippen LogP contribution is -2.22. The number of aldehydes is 1. The second kappa shape index (κ2) is 3.62. The number of rotatable bonds is 2. The lowest BCUT2D eigenvalue weighted by Gasteiger charge is -2.31. The van der Waals surface area contributed by atoms with Gasteiger partial charge in [0.05, 0.1) is 0 Å². The maximum Gasteiger partial charge on any atom is 0.123 e. The van der Waals surface area contributed by atoms with Crippen molar-refractivity contribution in [3.8, 4) is 0 Å². The molecule has 2 heteroatoms. The molecule has 68 valence electrons. The van der Waals surface area contributed by atoms with E-state index in [-0.39, 0.29) is 0 Å². The summed E-state index contributed by atoms with van der Waals surface area (Å²) in [5.41, 5.74) is 1.36. The third kappa shape index (κ3) is 1.83. The van der Waals surface area contributed by atoms with Crippen molar-refractivity contribution in [2.45, 2.75) is 18.8 Å². The molecule has 0 N–H and O–H groups in total. The van der Waals surface area contributed by atoms with Crippen molar-refractivity contribution in [1.29, 1.82) is 0 Å². The van der Waals surface area contributed by atoms with Crippen LogP contribution in [0.1, 0.15) is 24.3 Å². The van der Waals surface area contributed by atoms with Gasteiger partial charge in [0, 0.05) is 10.4 Å². The second-order valence-electron chi connectivity index (χ2n) is 3.62. The van der Waals surface area contributed by atoms with Gasteiger partial charge in [-0.1, -0.05) is 28.1 Å². The maximum absolute atomic E-state index is 10.4. The first-order chi connectivity index (χ1) is 6.29. The zero-order chi connectivity index (χ0) is 9.26. The molecule has 0 saturated heterocycles. The molecule has 0 amide bonds. The van der Waals surface area contributed by atoms with E-state index < -0.39 is 0 Å². The highest BCUT2D eigenvalue weighted by Crippen LogP contribution is 2.40. The van der Waals surface area contributed by atoms with Gasteiger partial charge in [-0.2, -0.15) is 0 Å². The summed E-state index contributed by atoms with van der Waals surface area (Å²) in [5, 5.41) is 0. The SMILES string of the molecule is O=CC1CC(c2ccc(Br)cc2)C1. The summed E-state index contributed by atoms with van der Waals surface area (Å²) in [6, 6.07) is 8.39. The number of halogens is 1. The fourth-order valence-electron chi connectivity index (χ4n) is 1.78. The Morgan fingerprint density at radius 1 is 1.23 bits per heavy atom. The molecular formula is C11H11BrO. The Morgan fingerprint density at radius 3 is 2.38 bits per heavy atom. The smallest absolute Gasteiger partial charge is 0.123 e. The number of hydrogen-bond donors (Lipinski definition) is 0. The van der Waals surface area contributed by atoms with Crippen molar-refractivity contribution in [3.63, 3.8) is 0 Å². The molecule has 2 rings (SSSR count). The molecule has 1 fully saturated rings. The van der Waals surface area contributed by atoms with Crippen LogP contribution in [0.25, 0.3) is 0 Å². The standard InChI is InChI=1S/C11H11BrO/c12-11-3-1-9(2-4-11)10-5-8(6-10)7-13/h1-4,7-8,10H,5-6H2. The van der Waals surface area contributed by atoms with Gasteiger partial charge >= 0.3 is 0 Å². The first kappa shape index (κ1) is 8.95. The molecule has 0 radical (unpaired) electrons. The van der Waals surface area contributed by atoms with Crippen molar-refractivity contribution < 1.29 is 4.79 Å².